The Morgan fingerprint density at radius 2 is 1.16 bits per heavy atom. The highest BCUT2D eigenvalue weighted by atomic mass is 16.6. The zero-order chi connectivity index (χ0) is 22.9. The normalized spacial score (nSPS) is 10.6. The molecule has 0 bridgehead atoms. The van der Waals surface area contributed by atoms with Crippen LogP contribution in [0.25, 0.3) is 21.9 Å². The Bertz CT molecular complexity index is 1320. The van der Waals surface area contributed by atoms with Crippen molar-refractivity contribution < 1.29 is 42.5 Å². The highest BCUT2D eigenvalue weighted by molar-refractivity contribution is 5.97. The van der Waals surface area contributed by atoms with Crippen molar-refractivity contribution in [3.8, 4) is 23.0 Å². The topological polar surface area (TPSA) is 135 Å². The summed E-state index contributed by atoms with van der Waals surface area (Å²) in [6.07, 6.45) is 0. The fourth-order valence-corrected chi connectivity index (χ4v) is 2.86. The van der Waals surface area contributed by atoms with Crippen molar-refractivity contribution in [3.05, 3.63) is 34.5 Å². The minimum Gasteiger partial charge on any atom is -0.455 e. The highest BCUT2D eigenvalue weighted by Gasteiger charge is 2.20. The first-order chi connectivity index (χ1) is 14.5. The summed E-state index contributed by atoms with van der Waals surface area (Å²) in [6.45, 7) is 4.60. The summed E-state index contributed by atoms with van der Waals surface area (Å²) in [6, 6.07) is 4.86. The van der Waals surface area contributed by atoms with E-state index >= 15 is 0 Å². The van der Waals surface area contributed by atoms with Gasteiger partial charge in [0, 0.05) is 45.9 Å². The van der Waals surface area contributed by atoms with E-state index in [-0.39, 0.29) is 44.9 Å². The fourth-order valence-electron chi connectivity index (χ4n) is 2.86. The molecule has 0 aliphatic rings. The Labute approximate surface area is 174 Å². The minimum atomic E-state index is -0.716. The van der Waals surface area contributed by atoms with Gasteiger partial charge < -0.3 is 23.4 Å². The van der Waals surface area contributed by atoms with Crippen molar-refractivity contribution in [1.82, 2.24) is 0 Å². The van der Waals surface area contributed by atoms with Crippen LogP contribution in [0.15, 0.2) is 33.5 Å². The number of ether oxygens (including phenoxy) is 4. The summed E-state index contributed by atoms with van der Waals surface area (Å²) in [5.74, 6) is -3.27. The van der Waals surface area contributed by atoms with Gasteiger partial charge in [0.05, 0.1) is 5.39 Å². The van der Waals surface area contributed by atoms with Gasteiger partial charge >= 0.3 is 23.9 Å². The van der Waals surface area contributed by atoms with Crippen molar-refractivity contribution in [2.45, 2.75) is 27.7 Å². The van der Waals surface area contributed by atoms with Crippen LogP contribution in [-0.2, 0) is 19.2 Å². The fraction of sp³-hybridized carbons (Fsp3) is 0.190. The van der Waals surface area contributed by atoms with Crippen LogP contribution >= 0.6 is 0 Å². The Balaban J connectivity index is 2.37. The number of hydrogen-bond acceptors (Lipinski definition) is 10. The van der Waals surface area contributed by atoms with E-state index in [1.54, 1.807) is 0 Å². The van der Waals surface area contributed by atoms with E-state index in [1.165, 1.54) is 31.2 Å². The lowest BCUT2D eigenvalue weighted by Crippen LogP contribution is -2.11. The van der Waals surface area contributed by atoms with Gasteiger partial charge in [0.25, 0.3) is 0 Å². The molecular weight excluding hydrogens is 412 g/mol. The molecule has 2 aromatic carbocycles. The van der Waals surface area contributed by atoms with Gasteiger partial charge in [-0.3, -0.25) is 24.0 Å². The van der Waals surface area contributed by atoms with Crippen molar-refractivity contribution in [1.29, 1.82) is 0 Å². The molecule has 0 fully saturated rings. The van der Waals surface area contributed by atoms with Crippen molar-refractivity contribution in [3.63, 3.8) is 0 Å². The van der Waals surface area contributed by atoms with Gasteiger partial charge in [0.2, 0.25) is 5.43 Å². The first-order valence-electron chi connectivity index (χ1n) is 8.87. The van der Waals surface area contributed by atoms with E-state index in [2.05, 4.69) is 0 Å². The Morgan fingerprint density at radius 1 is 0.645 bits per heavy atom. The Kier molecular flexibility index (Phi) is 5.73. The zero-order valence-electron chi connectivity index (χ0n) is 16.9. The SMILES string of the molecule is CC(=O)Oc1cc(OC(C)=O)c2c(=O)c3cc(OC(C)=O)c(OC(C)=O)cc3oc2c1. The smallest absolute Gasteiger partial charge is 0.308 e. The molecule has 0 N–H and O–H groups in total. The lowest BCUT2D eigenvalue weighted by Gasteiger charge is -2.12. The molecule has 1 aromatic heterocycles. The predicted octanol–water partition coefficient (Wildman–Crippen LogP) is 2.65. The van der Waals surface area contributed by atoms with Crippen LogP contribution in [0, 0.1) is 0 Å². The second-order valence-electron chi connectivity index (χ2n) is 6.40. The van der Waals surface area contributed by atoms with Crippen LogP contribution in [0.1, 0.15) is 27.7 Å². The molecule has 31 heavy (non-hydrogen) atoms. The van der Waals surface area contributed by atoms with Crippen molar-refractivity contribution in [2.24, 2.45) is 0 Å². The average molecular weight is 428 g/mol. The monoisotopic (exact) mass is 428 g/mol. The van der Waals surface area contributed by atoms with Crippen LogP contribution in [-0.4, -0.2) is 23.9 Å². The molecule has 3 aromatic rings. The van der Waals surface area contributed by atoms with E-state index in [4.69, 9.17) is 23.4 Å². The number of esters is 4. The first-order valence-corrected chi connectivity index (χ1v) is 8.87. The molecule has 160 valence electrons. The molecule has 0 spiro atoms. The van der Waals surface area contributed by atoms with Crippen LogP contribution in [0.5, 0.6) is 23.0 Å². The Morgan fingerprint density at radius 3 is 1.71 bits per heavy atom. The average Bonchev–Trinajstić information content (AvgIpc) is 2.60. The first kappa shape index (κ1) is 21.5. The third-order valence-corrected chi connectivity index (χ3v) is 3.80. The maximum absolute atomic E-state index is 13.2. The molecular formula is C21H16O10. The molecule has 0 saturated carbocycles. The number of carbonyl (C=O) groups is 4. The van der Waals surface area contributed by atoms with Gasteiger partial charge in [-0.1, -0.05) is 0 Å². The molecule has 0 atom stereocenters. The van der Waals surface area contributed by atoms with E-state index < -0.39 is 29.3 Å². The lowest BCUT2D eigenvalue weighted by atomic mass is 10.1. The molecule has 0 aliphatic carbocycles. The molecule has 3 rings (SSSR count). The quantitative estimate of drug-likeness (QED) is 0.346. The van der Waals surface area contributed by atoms with Crippen molar-refractivity contribution in [2.75, 3.05) is 0 Å². The van der Waals surface area contributed by atoms with Crippen molar-refractivity contribution >= 4 is 45.8 Å². The van der Waals surface area contributed by atoms with Gasteiger partial charge in [-0.15, -0.1) is 0 Å². The second kappa shape index (κ2) is 8.27. The number of hydrogen-bond donors (Lipinski definition) is 0. The molecule has 1 heterocycles. The summed E-state index contributed by atoms with van der Waals surface area (Å²) in [5, 5.41) is -0.138. The summed E-state index contributed by atoms with van der Waals surface area (Å²) < 4.78 is 25.9. The predicted molar refractivity (Wildman–Crippen MR) is 105 cm³/mol. The van der Waals surface area contributed by atoms with Gasteiger partial charge in [-0.25, -0.2) is 0 Å². The summed E-state index contributed by atoms with van der Waals surface area (Å²) in [7, 11) is 0. The van der Waals surface area contributed by atoms with Gasteiger partial charge in [-0.05, 0) is 6.07 Å². The largest absolute Gasteiger partial charge is 0.455 e. The number of benzene rings is 2. The number of carbonyl (C=O) groups excluding carboxylic acids is 4. The number of fused-ring (bicyclic) bond motifs is 2. The molecule has 0 unspecified atom stereocenters. The highest BCUT2D eigenvalue weighted by Crippen LogP contribution is 2.36. The Hall–Kier alpha value is -4.21. The maximum atomic E-state index is 13.2. The molecule has 10 nitrogen and oxygen atoms in total. The molecule has 10 heteroatoms. The van der Waals surface area contributed by atoms with Crippen LogP contribution in [0.4, 0.5) is 0 Å². The van der Waals surface area contributed by atoms with E-state index in [0.29, 0.717) is 0 Å². The zero-order valence-corrected chi connectivity index (χ0v) is 16.9. The van der Waals surface area contributed by atoms with E-state index in [0.717, 1.165) is 20.8 Å². The lowest BCUT2D eigenvalue weighted by molar-refractivity contribution is -0.134. The maximum Gasteiger partial charge on any atom is 0.308 e. The summed E-state index contributed by atoms with van der Waals surface area (Å²) in [5.41, 5.74) is -0.690. The van der Waals surface area contributed by atoms with E-state index in [1.807, 2.05) is 0 Å². The van der Waals surface area contributed by atoms with E-state index in [9.17, 15) is 24.0 Å². The molecule has 0 aliphatic heterocycles. The van der Waals surface area contributed by atoms with Crippen LogP contribution in [0.3, 0.4) is 0 Å². The van der Waals surface area contributed by atoms with Gasteiger partial charge in [0.15, 0.2) is 11.5 Å². The summed E-state index contributed by atoms with van der Waals surface area (Å²) >= 11 is 0. The molecule has 0 amide bonds. The van der Waals surface area contributed by atoms with Crippen LogP contribution in [0.2, 0.25) is 0 Å². The molecule has 0 radical (unpaired) electrons. The van der Waals surface area contributed by atoms with Gasteiger partial charge in [-0.2, -0.15) is 0 Å². The summed E-state index contributed by atoms with van der Waals surface area (Å²) in [4.78, 5) is 58.9. The standard InChI is InChI=1S/C21H16O10/c1-9(22)27-13-5-18(30-12(4)25)20-19(6-13)31-15-8-17(29-11(3)24)16(28-10(2)23)7-14(15)21(20)26/h5-8H,1-4H3. The number of rotatable bonds is 4. The van der Waals surface area contributed by atoms with Crippen LogP contribution < -0.4 is 24.4 Å². The third-order valence-electron chi connectivity index (χ3n) is 3.80. The second-order valence-corrected chi connectivity index (χ2v) is 6.40. The van der Waals surface area contributed by atoms with Gasteiger partial charge in [0.1, 0.15) is 28.1 Å². The minimum absolute atomic E-state index is 0.0154. The molecule has 0 saturated heterocycles. The third kappa shape index (κ3) is 4.69.